The number of anilines is 1. The van der Waals surface area contributed by atoms with Crippen molar-refractivity contribution in [3.8, 4) is 0 Å². The van der Waals surface area contributed by atoms with E-state index in [0.29, 0.717) is 18.2 Å². The highest BCUT2D eigenvalue weighted by molar-refractivity contribution is 5.92. The van der Waals surface area contributed by atoms with Crippen LogP contribution in [0.5, 0.6) is 0 Å². The van der Waals surface area contributed by atoms with Crippen LogP contribution in [0, 0.1) is 19.8 Å². The molecular formula is C20H25N3O2. The summed E-state index contributed by atoms with van der Waals surface area (Å²) in [5.74, 6) is 0.844. The quantitative estimate of drug-likeness (QED) is 0.905. The van der Waals surface area contributed by atoms with E-state index >= 15 is 0 Å². The van der Waals surface area contributed by atoms with Gasteiger partial charge in [0.15, 0.2) is 0 Å². The van der Waals surface area contributed by atoms with Gasteiger partial charge in [0.1, 0.15) is 11.9 Å². The highest BCUT2D eigenvalue weighted by atomic mass is 16.2. The molecule has 25 heavy (non-hydrogen) atoms. The molecule has 5 nitrogen and oxygen atoms in total. The van der Waals surface area contributed by atoms with Crippen molar-refractivity contribution in [2.45, 2.75) is 52.0 Å². The van der Waals surface area contributed by atoms with Crippen molar-refractivity contribution in [2.24, 2.45) is 5.92 Å². The molecule has 1 N–H and O–H groups in total. The molecule has 1 aliphatic carbocycles. The van der Waals surface area contributed by atoms with Gasteiger partial charge < -0.3 is 9.88 Å². The molecule has 0 aromatic carbocycles. The predicted molar refractivity (Wildman–Crippen MR) is 98.7 cm³/mol. The predicted octanol–water partition coefficient (Wildman–Crippen LogP) is 3.62. The lowest BCUT2D eigenvalue weighted by molar-refractivity contribution is -0.119. The number of hydrogen-bond donors (Lipinski definition) is 1. The van der Waals surface area contributed by atoms with Crippen LogP contribution in [0.3, 0.4) is 0 Å². The Morgan fingerprint density at radius 3 is 2.64 bits per heavy atom. The Hall–Kier alpha value is -2.43. The maximum atomic E-state index is 12.9. The Labute approximate surface area is 148 Å². The summed E-state index contributed by atoms with van der Waals surface area (Å²) in [6.45, 7) is 3.83. The third-order valence-electron chi connectivity index (χ3n) is 4.94. The maximum absolute atomic E-state index is 12.9. The lowest BCUT2D eigenvalue weighted by Crippen LogP contribution is -2.34. The summed E-state index contributed by atoms with van der Waals surface area (Å²) in [7, 11) is 0. The third-order valence-corrected chi connectivity index (χ3v) is 4.94. The molecule has 2 aromatic heterocycles. The molecule has 5 heteroatoms. The zero-order valence-corrected chi connectivity index (χ0v) is 14.9. The smallest absolute Gasteiger partial charge is 0.251 e. The van der Waals surface area contributed by atoms with Gasteiger partial charge in [-0.05, 0) is 49.4 Å². The highest BCUT2D eigenvalue weighted by Crippen LogP contribution is 2.32. The van der Waals surface area contributed by atoms with Gasteiger partial charge in [0.05, 0.1) is 0 Å². The first-order chi connectivity index (χ1) is 12.0. The van der Waals surface area contributed by atoms with Gasteiger partial charge in [0.25, 0.3) is 5.56 Å². The average Bonchev–Trinajstić information content (AvgIpc) is 3.08. The van der Waals surface area contributed by atoms with Crippen molar-refractivity contribution in [1.29, 1.82) is 0 Å². The Morgan fingerprint density at radius 1 is 1.24 bits per heavy atom. The second-order valence-corrected chi connectivity index (χ2v) is 7.06. The lowest BCUT2D eigenvalue weighted by atomic mass is 9.97. The van der Waals surface area contributed by atoms with Crippen LogP contribution in [0.4, 0.5) is 5.82 Å². The fourth-order valence-corrected chi connectivity index (χ4v) is 3.51. The molecule has 132 valence electrons. The maximum Gasteiger partial charge on any atom is 0.251 e. The van der Waals surface area contributed by atoms with Gasteiger partial charge in [-0.25, -0.2) is 4.98 Å². The number of aromatic nitrogens is 2. The Kier molecular flexibility index (Phi) is 5.31. The fourth-order valence-electron chi connectivity index (χ4n) is 3.51. The normalized spacial score (nSPS) is 15.9. The minimum atomic E-state index is -0.501. The van der Waals surface area contributed by atoms with Crippen molar-refractivity contribution >= 4 is 11.7 Å². The number of carbonyl (C=O) groups is 1. The summed E-state index contributed by atoms with van der Waals surface area (Å²) in [6, 6.07) is 6.66. The van der Waals surface area contributed by atoms with Gasteiger partial charge in [-0.15, -0.1) is 0 Å². The fraction of sp³-hybridized carbons (Fsp3) is 0.450. The number of rotatable bonds is 5. The first-order valence-corrected chi connectivity index (χ1v) is 8.95. The Bertz CT molecular complexity index is 789. The molecule has 2 aromatic rings. The van der Waals surface area contributed by atoms with Gasteiger partial charge in [-0.2, -0.15) is 0 Å². The minimum Gasteiger partial charge on any atom is -0.309 e. The highest BCUT2D eigenvalue weighted by Gasteiger charge is 2.27. The molecule has 0 aliphatic heterocycles. The molecule has 1 saturated carbocycles. The molecule has 2 heterocycles. The SMILES string of the molecule is Cc1ccc(NC(=O)[C@H](CC2CCCC2)n2ccc(C)cc2=O)nc1. The van der Waals surface area contributed by atoms with E-state index < -0.39 is 6.04 Å². The third kappa shape index (κ3) is 4.35. The Morgan fingerprint density at radius 2 is 2.00 bits per heavy atom. The molecule has 3 rings (SSSR count). The van der Waals surface area contributed by atoms with E-state index in [1.807, 2.05) is 26.0 Å². The van der Waals surface area contributed by atoms with E-state index in [1.165, 1.54) is 12.8 Å². The van der Waals surface area contributed by atoms with E-state index in [1.54, 1.807) is 29.1 Å². The van der Waals surface area contributed by atoms with Crippen molar-refractivity contribution in [1.82, 2.24) is 9.55 Å². The van der Waals surface area contributed by atoms with Gasteiger partial charge in [-0.1, -0.05) is 31.7 Å². The minimum absolute atomic E-state index is 0.130. The van der Waals surface area contributed by atoms with E-state index in [0.717, 1.165) is 24.0 Å². The molecule has 0 saturated heterocycles. The van der Waals surface area contributed by atoms with Gasteiger partial charge in [0, 0.05) is 18.5 Å². The number of hydrogen-bond acceptors (Lipinski definition) is 3. The van der Waals surface area contributed by atoms with E-state index in [4.69, 9.17) is 0 Å². The van der Waals surface area contributed by atoms with Crippen molar-refractivity contribution in [3.63, 3.8) is 0 Å². The number of carbonyl (C=O) groups excluding carboxylic acids is 1. The topological polar surface area (TPSA) is 64.0 Å². The molecule has 1 atom stereocenters. The molecule has 0 radical (unpaired) electrons. The van der Waals surface area contributed by atoms with E-state index in [9.17, 15) is 9.59 Å². The van der Waals surface area contributed by atoms with Gasteiger partial charge >= 0.3 is 0 Å². The van der Waals surface area contributed by atoms with Crippen molar-refractivity contribution in [3.05, 3.63) is 58.1 Å². The molecule has 1 fully saturated rings. The van der Waals surface area contributed by atoms with Crippen LogP contribution in [0.15, 0.2) is 41.5 Å². The monoisotopic (exact) mass is 339 g/mol. The molecule has 0 bridgehead atoms. The van der Waals surface area contributed by atoms with Crippen LogP contribution in [-0.2, 0) is 4.79 Å². The molecular weight excluding hydrogens is 314 g/mol. The summed E-state index contributed by atoms with van der Waals surface area (Å²) in [4.78, 5) is 29.6. The second kappa shape index (κ2) is 7.64. The summed E-state index contributed by atoms with van der Waals surface area (Å²) in [6.07, 6.45) is 8.84. The molecule has 1 amide bonds. The van der Waals surface area contributed by atoms with E-state index in [-0.39, 0.29) is 11.5 Å². The van der Waals surface area contributed by atoms with Crippen LogP contribution in [0.2, 0.25) is 0 Å². The zero-order chi connectivity index (χ0) is 17.8. The standard InChI is InChI=1S/C20H25N3O2/c1-14-9-10-23(19(24)11-14)17(12-16-5-3-4-6-16)20(25)22-18-8-7-15(2)13-21-18/h7-11,13,16-17H,3-6,12H2,1-2H3,(H,21,22,25)/t17-/m0/s1. The van der Waals surface area contributed by atoms with Crippen molar-refractivity contribution in [2.75, 3.05) is 5.32 Å². The molecule has 0 spiro atoms. The van der Waals surface area contributed by atoms with Crippen LogP contribution in [0.25, 0.3) is 0 Å². The number of nitrogens with zero attached hydrogens (tertiary/aromatic N) is 2. The van der Waals surface area contributed by atoms with Crippen LogP contribution in [-0.4, -0.2) is 15.5 Å². The van der Waals surface area contributed by atoms with Gasteiger partial charge in [-0.3, -0.25) is 9.59 Å². The van der Waals surface area contributed by atoms with Crippen LogP contribution in [0.1, 0.15) is 49.3 Å². The number of nitrogens with one attached hydrogen (secondary N) is 1. The molecule has 0 unspecified atom stereocenters. The summed E-state index contributed by atoms with van der Waals surface area (Å²) < 4.78 is 1.56. The Balaban J connectivity index is 1.85. The first kappa shape index (κ1) is 17.4. The first-order valence-electron chi connectivity index (χ1n) is 8.95. The van der Waals surface area contributed by atoms with Crippen LogP contribution >= 0.6 is 0 Å². The largest absolute Gasteiger partial charge is 0.309 e. The van der Waals surface area contributed by atoms with E-state index in [2.05, 4.69) is 10.3 Å². The average molecular weight is 339 g/mol. The van der Waals surface area contributed by atoms with Crippen LogP contribution < -0.4 is 10.9 Å². The molecule has 1 aliphatic rings. The van der Waals surface area contributed by atoms with Crippen molar-refractivity contribution < 1.29 is 4.79 Å². The van der Waals surface area contributed by atoms with Gasteiger partial charge in [0.2, 0.25) is 5.91 Å². The summed E-state index contributed by atoms with van der Waals surface area (Å²) in [5.41, 5.74) is 1.81. The summed E-state index contributed by atoms with van der Waals surface area (Å²) in [5, 5.41) is 2.87. The number of pyridine rings is 2. The lowest BCUT2D eigenvalue weighted by Gasteiger charge is -2.22. The number of amides is 1. The number of aryl methyl sites for hydroxylation is 2. The summed E-state index contributed by atoms with van der Waals surface area (Å²) >= 11 is 0. The zero-order valence-electron chi connectivity index (χ0n) is 14.9. The second-order valence-electron chi connectivity index (χ2n) is 7.06.